The van der Waals surface area contributed by atoms with Gasteiger partial charge in [0.1, 0.15) is 0 Å². The van der Waals surface area contributed by atoms with Gasteiger partial charge in [-0.25, -0.2) is 0 Å². The summed E-state index contributed by atoms with van der Waals surface area (Å²) in [4.78, 5) is 0. The van der Waals surface area contributed by atoms with Crippen molar-refractivity contribution in [2.75, 3.05) is 0 Å². The molecule has 0 saturated carbocycles. The molecule has 0 fully saturated rings. The summed E-state index contributed by atoms with van der Waals surface area (Å²) >= 11 is 12.2. The molecule has 84 valence electrons. The fourth-order valence-electron chi connectivity index (χ4n) is 1.57. The van der Waals surface area contributed by atoms with E-state index >= 15 is 0 Å². The van der Waals surface area contributed by atoms with E-state index in [0.29, 0.717) is 5.22 Å². The highest BCUT2D eigenvalue weighted by Crippen LogP contribution is 2.31. The van der Waals surface area contributed by atoms with Crippen molar-refractivity contribution in [3.63, 3.8) is 0 Å². The monoisotopic (exact) mass is 254 g/mol. The van der Waals surface area contributed by atoms with E-state index in [2.05, 4.69) is 31.2 Å². The van der Waals surface area contributed by atoms with Gasteiger partial charge in [-0.05, 0) is 36.6 Å². The van der Waals surface area contributed by atoms with Crippen LogP contribution in [0.5, 0.6) is 0 Å². The lowest BCUT2D eigenvalue weighted by Gasteiger charge is -2.08. The lowest BCUT2D eigenvalue weighted by atomic mass is 10.0. The second-order valence-electron chi connectivity index (χ2n) is 3.81. The fourth-order valence-corrected chi connectivity index (χ4v) is 2.22. The van der Waals surface area contributed by atoms with Gasteiger partial charge < -0.3 is 4.42 Å². The Morgan fingerprint density at radius 3 is 2.44 bits per heavy atom. The quantitative estimate of drug-likeness (QED) is 0.720. The van der Waals surface area contributed by atoms with Gasteiger partial charge >= 0.3 is 0 Å². The Kier molecular flexibility index (Phi) is 3.57. The summed E-state index contributed by atoms with van der Waals surface area (Å²) in [5.74, 6) is 0. The van der Waals surface area contributed by atoms with Crippen molar-refractivity contribution >= 4 is 23.2 Å². The highest BCUT2D eigenvalue weighted by atomic mass is 35.5. The smallest absolute Gasteiger partial charge is 0.197 e. The number of benzene rings is 1. The van der Waals surface area contributed by atoms with Gasteiger partial charge in [-0.15, -0.1) is 11.6 Å². The van der Waals surface area contributed by atoms with Crippen molar-refractivity contribution in [2.45, 2.75) is 18.7 Å². The number of furan rings is 1. The van der Waals surface area contributed by atoms with Crippen LogP contribution in [0, 0.1) is 6.92 Å². The summed E-state index contributed by atoms with van der Waals surface area (Å²) < 4.78 is 5.02. The van der Waals surface area contributed by atoms with Gasteiger partial charge in [0.15, 0.2) is 5.22 Å². The second kappa shape index (κ2) is 4.94. The molecule has 2 aromatic rings. The molecule has 0 aliphatic carbocycles. The Morgan fingerprint density at radius 1 is 1.19 bits per heavy atom. The van der Waals surface area contributed by atoms with E-state index in [1.807, 2.05) is 6.07 Å². The normalized spacial score (nSPS) is 12.7. The highest BCUT2D eigenvalue weighted by molar-refractivity contribution is 6.31. The summed E-state index contributed by atoms with van der Waals surface area (Å²) in [7, 11) is 0. The predicted octanol–water partition coefficient (Wildman–Crippen LogP) is 4.76. The van der Waals surface area contributed by atoms with E-state index in [1.165, 1.54) is 11.1 Å². The van der Waals surface area contributed by atoms with Gasteiger partial charge in [0.25, 0.3) is 0 Å². The van der Waals surface area contributed by atoms with Crippen LogP contribution < -0.4 is 0 Å². The van der Waals surface area contributed by atoms with Gasteiger partial charge in [-0.3, -0.25) is 0 Å². The van der Waals surface area contributed by atoms with Gasteiger partial charge in [-0.2, -0.15) is 0 Å². The Morgan fingerprint density at radius 2 is 1.88 bits per heavy atom. The maximum absolute atomic E-state index is 6.28. The largest absolute Gasteiger partial charge is 0.453 e. The van der Waals surface area contributed by atoms with Gasteiger partial charge in [0, 0.05) is 5.56 Å². The van der Waals surface area contributed by atoms with E-state index in [9.17, 15) is 0 Å². The van der Waals surface area contributed by atoms with Gasteiger partial charge in [-0.1, -0.05) is 29.8 Å². The summed E-state index contributed by atoms with van der Waals surface area (Å²) in [5, 5.41) is 0.237. The zero-order valence-electron chi connectivity index (χ0n) is 8.91. The van der Waals surface area contributed by atoms with E-state index in [0.717, 1.165) is 12.0 Å². The van der Waals surface area contributed by atoms with Crippen LogP contribution in [0.4, 0.5) is 0 Å². The Hall–Kier alpha value is -0.920. The molecule has 1 heterocycles. The van der Waals surface area contributed by atoms with Crippen LogP contribution in [0.15, 0.2) is 41.0 Å². The second-order valence-corrected chi connectivity index (χ2v) is 4.68. The molecule has 1 unspecified atom stereocenters. The van der Waals surface area contributed by atoms with Crippen LogP contribution in [-0.2, 0) is 6.42 Å². The third kappa shape index (κ3) is 2.60. The predicted molar refractivity (Wildman–Crippen MR) is 67.2 cm³/mol. The van der Waals surface area contributed by atoms with Crippen molar-refractivity contribution < 1.29 is 4.42 Å². The van der Waals surface area contributed by atoms with Crippen molar-refractivity contribution in [1.29, 1.82) is 0 Å². The lowest BCUT2D eigenvalue weighted by Crippen LogP contribution is -1.95. The SMILES string of the molecule is Cc1ccc(CC(Cl)c2ccoc2Cl)cc1. The number of hydrogen-bond donors (Lipinski definition) is 0. The van der Waals surface area contributed by atoms with Crippen molar-refractivity contribution in [1.82, 2.24) is 0 Å². The van der Waals surface area contributed by atoms with Crippen molar-refractivity contribution in [3.05, 3.63) is 58.5 Å². The summed E-state index contributed by atoms with van der Waals surface area (Å²) in [5.41, 5.74) is 3.29. The molecule has 1 atom stereocenters. The maximum atomic E-state index is 6.28. The molecule has 0 radical (unpaired) electrons. The van der Waals surface area contributed by atoms with Crippen LogP contribution in [0.2, 0.25) is 5.22 Å². The first-order chi connectivity index (χ1) is 7.66. The Labute approximate surface area is 105 Å². The maximum Gasteiger partial charge on any atom is 0.197 e. The minimum absolute atomic E-state index is 0.144. The molecule has 3 heteroatoms. The molecule has 0 amide bonds. The molecule has 0 saturated heterocycles. The molecule has 1 aromatic carbocycles. The first-order valence-corrected chi connectivity index (χ1v) is 5.91. The molecule has 0 N–H and O–H groups in total. The topological polar surface area (TPSA) is 13.1 Å². The van der Waals surface area contributed by atoms with Crippen molar-refractivity contribution in [2.24, 2.45) is 0 Å². The lowest BCUT2D eigenvalue weighted by molar-refractivity contribution is 0.565. The zero-order chi connectivity index (χ0) is 11.5. The number of alkyl halides is 1. The molecular weight excluding hydrogens is 243 g/mol. The molecule has 1 nitrogen and oxygen atoms in total. The molecule has 1 aromatic heterocycles. The van der Waals surface area contributed by atoms with E-state index in [1.54, 1.807) is 6.26 Å². The minimum Gasteiger partial charge on any atom is -0.453 e. The Balaban J connectivity index is 2.10. The third-order valence-corrected chi connectivity index (χ3v) is 3.22. The average Bonchev–Trinajstić information content (AvgIpc) is 2.68. The molecule has 0 aliphatic heterocycles. The van der Waals surface area contributed by atoms with Gasteiger partial charge in [0.05, 0.1) is 11.6 Å². The Bertz CT molecular complexity index is 459. The van der Waals surface area contributed by atoms with Crippen LogP contribution in [-0.4, -0.2) is 0 Å². The van der Waals surface area contributed by atoms with E-state index < -0.39 is 0 Å². The summed E-state index contributed by atoms with van der Waals surface area (Å²) in [6.45, 7) is 2.06. The fraction of sp³-hybridized carbons (Fsp3) is 0.231. The first-order valence-electron chi connectivity index (χ1n) is 5.09. The summed E-state index contributed by atoms with van der Waals surface area (Å²) in [6.07, 6.45) is 2.31. The zero-order valence-corrected chi connectivity index (χ0v) is 10.4. The first kappa shape index (κ1) is 11.6. The standard InChI is InChI=1S/C13H12Cl2O/c1-9-2-4-10(5-3-9)8-12(14)11-6-7-16-13(11)15/h2-7,12H,8H2,1H3. The third-order valence-electron chi connectivity index (χ3n) is 2.52. The molecule has 16 heavy (non-hydrogen) atoms. The van der Waals surface area contributed by atoms with Crippen LogP contribution in [0.25, 0.3) is 0 Å². The number of halogens is 2. The van der Waals surface area contributed by atoms with Crippen LogP contribution in [0.1, 0.15) is 22.1 Å². The molecule has 0 bridgehead atoms. The highest BCUT2D eigenvalue weighted by Gasteiger charge is 2.14. The van der Waals surface area contributed by atoms with Crippen LogP contribution in [0.3, 0.4) is 0 Å². The molecular formula is C13H12Cl2O. The number of aryl methyl sites for hydroxylation is 1. The molecule has 2 rings (SSSR count). The number of hydrogen-bond acceptors (Lipinski definition) is 1. The van der Waals surface area contributed by atoms with Crippen LogP contribution >= 0.6 is 23.2 Å². The minimum atomic E-state index is -0.144. The van der Waals surface area contributed by atoms with Gasteiger partial charge in [0.2, 0.25) is 0 Å². The van der Waals surface area contributed by atoms with Crippen molar-refractivity contribution in [3.8, 4) is 0 Å². The molecule has 0 aliphatic rings. The summed E-state index contributed by atoms with van der Waals surface area (Å²) in [6, 6.07) is 10.1. The van der Waals surface area contributed by atoms with E-state index in [-0.39, 0.29) is 5.38 Å². The number of rotatable bonds is 3. The average molecular weight is 255 g/mol. The van der Waals surface area contributed by atoms with E-state index in [4.69, 9.17) is 27.6 Å². The molecule has 0 spiro atoms.